The Balaban J connectivity index is 2.04. The lowest BCUT2D eigenvalue weighted by Crippen LogP contribution is -2.28. The van der Waals surface area contributed by atoms with E-state index < -0.39 is 0 Å². The number of anilines is 1. The van der Waals surface area contributed by atoms with Crippen molar-refractivity contribution in [1.82, 2.24) is 14.4 Å². The van der Waals surface area contributed by atoms with E-state index in [1.165, 1.54) is 12.8 Å². The second-order valence-corrected chi connectivity index (χ2v) is 5.19. The number of imidazole rings is 1. The SMILES string of the molecule is N#CCCN(c1nc(Br)cn2ccnc12)C1CC1. The molecule has 0 spiro atoms. The lowest BCUT2D eigenvalue weighted by atomic mass is 10.3. The average Bonchev–Trinajstić information content (AvgIpc) is 3.08. The number of halogens is 1. The average molecular weight is 306 g/mol. The van der Waals surface area contributed by atoms with Crippen molar-refractivity contribution < 1.29 is 0 Å². The maximum Gasteiger partial charge on any atom is 0.180 e. The molecule has 0 atom stereocenters. The number of nitriles is 1. The Bertz CT molecular complexity index is 610. The number of hydrogen-bond donors (Lipinski definition) is 0. The Morgan fingerprint density at radius 1 is 1.56 bits per heavy atom. The molecule has 0 aromatic carbocycles. The molecule has 1 saturated carbocycles. The Morgan fingerprint density at radius 3 is 3.11 bits per heavy atom. The predicted octanol–water partition coefficient (Wildman–Crippen LogP) is 2.37. The van der Waals surface area contributed by atoms with Crippen molar-refractivity contribution in [2.45, 2.75) is 25.3 Å². The summed E-state index contributed by atoms with van der Waals surface area (Å²) < 4.78 is 2.74. The minimum absolute atomic E-state index is 0.511. The maximum absolute atomic E-state index is 8.76. The number of aromatic nitrogens is 3. The maximum atomic E-state index is 8.76. The Morgan fingerprint density at radius 2 is 2.39 bits per heavy atom. The van der Waals surface area contributed by atoms with Gasteiger partial charge in [-0.15, -0.1) is 0 Å². The monoisotopic (exact) mass is 305 g/mol. The van der Waals surface area contributed by atoms with E-state index in [0.29, 0.717) is 19.0 Å². The van der Waals surface area contributed by atoms with Crippen molar-refractivity contribution in [1.29, 1.82) is 5.26 Å². The van der Waals surface area contributed by atoms with E-state index >= 15 is 0 Å². The molecule has 0 unspecified atom stereocenters. The summed E-state index contributed by atoms with van der Waals surface area (Å²) in [6, 6.07) is 2.71. The molecule has 2 aromatic rings. The summed E-state index contributed by atoms with van der Waals surface area (Å²) >= 11 is 3.42. The standard InChI is InChI=1S/C12H12BrN5/c13-10-8-17-7-5-15-11(17)12(16-10)18(6-1-4-14)9-2-3-9/h5,7-9H,1-3,6H2. The highest BCUT2D eigenvalue weighted by Gasteiger charge is 2.31. The van der Waals surface area contributed by atoms with Gasteiger partial charge in [-0.2, -0.15) is 5.26 Å². The first-order valence-corrected chi connectivity index (χ1v) is 6.71. The molecule has 2 aromatic heterocycles. The third-order valence-electron chi connectivity index (χ3n) is 3.05. The molecule has 0 amide bonds. The summed E-state index contributed by atoms with van der Waals surface area (Å²) in [6.07, 6.45) is 8.42. The van der Waals surface area contributed by atoms with E-state index in [0.717, 1.165) is 16.1 Å². The smallest absolute Gasteiger partial charge is 0.180 e. The van der Waals surface area contributed by atoms with Crippen LogP contribution in [0.25, 0.3) is 5.65 Å². The molecule has 1 aliphatic rings. The van der Waals surface area contributed by atoms with Gasteiger partial charge in [-0.25, -0.2) is 9.97 Å². The molecule has 2 heterocycles. The Hall–Kier alpha value is -1.61. The fourth-order valence-corrected chi connectivity index (χ4v) is 2.48. The van der Waals surface area contributed by atoms with E-state index in [-0.39, 0.29) is 0 Å². The molecule has 92 valence electrons. The Kier molecular flexibility index (Phi) is 2.92. The normalized spacial score (nSPS) is 14.7. The van der Waals surface area contributed by atoms with E-state index in [2.05, 4.69) is 36.9 Å². The van der Waals surface area contributed by atoms with Gasteiger partial charge in [-0.05, 0) is 28.8 Å². The van der Waals surface area contributed by atoms with Gasteiger partial charge in [-0.3, -0.25) is 0 Å². The summed E-state index contributed by atoms with van der Waals surface area (Å²) in [4.78, 5) is 11.1. The zero-order valence-electron chi connectivity index (χ0n) is 9.75. The lowest BCUT2D eigenvalue weighted by Gasteiger charge is -2.22. The van der Waals surface area contributed by atoms with E-state index in [1.54, 1.807) is 6.20 Å². The zero-order valence-corrected chi connectivity index (χ0v) is 11.3. The van der Waals surface area contributed by atoms with Crippen molar-refractivity contribution in [2.75, 3.05) is 11.4 Å². The minimum Gasteiger partial charge on any atom is -0.349 e. The third-order valence-corrected chi connectivity index (χ3v) is 3.43. The summed E-state index contributed by atoms with van der Waals surface area (Å²) in [6.45, 7) is 0.715. The molecule has 18 heavy (non-hydrogen) atoms. The van der Waals surface area contributed by atoms with Crippen molar-refractivity contribution in [3.05, 3.63) is 23.2 Å². The van der Waals surface area contributed by atoms with E-state index in [9.17, 15) is 0 Å². The first-order valence-electron chi connectivity index (χ1n) is 5.92. The molecule has 0 N–H and O–H groups in total. The molecule has 0 aliphatic heterocycles. The number of rotatable bonds is 4. The van der Waals surface area contributed by atoms with Crippen LogP contribution in [0.1, 0.15) is 19.3 Å². The van der Waals surface area contributed by atoms with Crippen LogP contribution < -0.4 is 4.90 Å². The van der Waals surface area contributed by atoms with Gasteiger partial charge >= 0.3 is 0 Å². The van der Waals surface area contributed by atoms with Gasteiger partial charge in [0.05, 0.1) is 12.5 Å². The second-order valence-electron chi connectivity index (χ2n) is 4.38. The lowest BCUT2D eigenvalue weighted by molar-refractivity contribution is 0.775. The molecule has 5 nitrogen and oxygen atoms in total. The van der Waals surface area contributed by atoms with Crippen LogP contribution in [-0.2, 0) is 0 Å². The van der Waals surface area contributed by atoms with Crippen molar-refractivity contribution in [3.63, 3.8) is 0 Å². The molecular formula is C12H12BrN5. The van der Waals surface area contributed by atoms with E-state index in [1.807, 2.05) is 16.8 Å². The number of nitrogens with zero attached hydrogens (tertiary/aromatic N) is 5. The van der Waals surface area contributed by atoms with Gasteiger partial charge in [0.15, 0.2) is 11.5 Å². The van der Waals surface area contributed by atoms with Gasteiger partial charge in [0, 0.05) is 31.2 Å². The molecule has 3 rings (SSSR count). The first-order chi connectivity index (χ1) is 8.79. The molecule has 1 fully saturated rings. The quantitative estimate of drug-likeness (QED) is 0.870. The van der Waals surface area contributed by atoms with Gasteiger partial charge in [-0.1, -0.05) is 0 Å². The zero-order chi connectivity index (χ0) is 12.5. The van der Waals surface area contributed by atoms with E-state index in [4.69, 9.17) is 5.26 Å². The van der Waals surface area contributed by atoms with Crippen LogP contribution in [0, 0.1) is 11.3 Å². The first kappa shape index (κ1) is 11.5. The van der Waals surface area contributed by atoms with Crippen LogP contribution in [-0.4, -0.2) is 27.0 Å². The summed E-state index contributed by atoms with van der Waals surface area (Å²) in [7, 11) is 0. The summed E-state index contributed by atoms with van der Waals surface area (Å²) in [5.41, 5.74) is 0.850. The highest BCUT2D eigenvalue weighted by molar-refractivity contribution is 9.10. The van der Waals surface area contributed by atoms with Gasteiger partial charge in [0.25, 0.3) is 0 Å². The minimum atomic E-state index is 0.511. The van der Waals surface area contributed by atoms with Gasteiger partial charge < -0.3 is 9.30 Å². The molecular weight excluding hydrogens is 294 g/mol. The van der Waals surface area contributed by atoms with Crippen LogP contribution in [0.4, 0.5) is 5.82 Å². The van der Waals surface area contributed by atoms with Crippen molar-refractivity contribution in [2.24, 2.45) is 0 Å². The van der Waals surface area contributed by atoms with Crippen LogP contribution in [0.5, 0.6) is 0 Å². The largest absolute Gasteiger partial charge is 0.349 e. The molecule has 6 heteroatoms. The molecule has 0 radical (unpaired) electrons. The third kappa shape index (κ3) is 2.06. The number of hydrogen-bond acceptors (Lipinski definition) is 4. The fourth-order valence-electron chi connectivity index (χ4n) is 2.10. The van der Waals surface area contributed by atoms with Crippen molar-refractivity contribution in [3.8, 4) is 6.07 Å². The predicted molar refractivity (Wildman–Crippen MR) is 71.3 cm³/mol. The molecule has 0 bridgehead atoms. The second kappa shape index (κ2) is 4.58. The summed E-state index contributed by atoms with van der Waals surface area (Å²) in [5.74, 6) is 0.868. The highest BCUT2D eigenvalue weighted by atomic mass is 79.9. The van der Waals surface area contributed by atoms with Gasteiger partial charge in [0.2, 0.25) is 0 Å². The van der Waals surface area contributed by atoms with Crippen LogP contribution >= 0.6 is 15.9 Å². The molecule has 0 saturated heterocycles. The van der Waals surface area contributed by atoms with Crippen LogP contribution in [0.15, 0.2) is 23.2 Å². The van der Waals surface area contributed by atoms with Gasteiger partial charge in [0.1, 0.15) is 4.60 Å². The summed E-state index contributed by atoms with van der Waals surface area (Å²) in [5, 5.41) is 8.76. The topological polar surface area (TPSA) is 57.2 Å². The fraction of sp³-hybridized carbons (Fsp3) is 0.417. The number of fused-ring (bicyclic) bond motifs is 1. The Labute approximate surface area is 113 Å². The highest BCUT2D eigenvalue weighted by Crippen LogP contribution is 2.33. The van der Waals surface area contributed by atoms with Crippen LogP contribution in [0.3, 0.4) is 0 Å². The van der Waals surface area contributed by atoms with Crippen LogP contribution in [0.2, 0.25) is 0 Å². The molecule has 1 aliphatic carbocycles. The van der Waals surface area contributed by atoms with Crippen molar-refractivity contribution >= 4 is 27.4 Å².